The number of nitrogens with zero attached hydrogens (tertiary/aromatic N) is 1. The predicted octanol–water partition coefficient (Wildman–Crippen LogP) is 3.65. The highest BCUT2D eigenvalue weighted by molar-refractivity contribution is 14.1. The van der Waals surface area contributed by atoms with Crippen LogP contribution in [-0.2, 0) is 6.54 Å². The van der Waals surface area contributed by atoms with Crippen molar-refractivity contribution >= 4 is 34.0 Å². The Morgan fingerprint density at radius 3 is 2.44 bits per heavy atom. The normalized spacial score (nSPS) is 10.4. The molecule has 0 atom stereocenters. The predicted molar refractivity (Wildman–Crippen MR) is 82.1 cm³/mol. The van der Waals surface area contributed by atoms with E-state index in [1.54, 1.807) is 12.1 Å². The van der Waals surface area contributed by atoms with Crippen molar-refractivity contribution in [3.8, 4) is 0 Å². The van der Waals surface area contributed by atoms with Crippen LogP contribution in [0.1, 0.15) is 5.56 Å². The van der Waals surface area contributed by atoms with E-state index in [2.05, 4.69) is 27.5 Å². The molecular formula is C14H14FIN2. The smallest absolute Gasteiger partial charge is 0.123 e. The van der Waals surface area contributed by atoms with Crippen LogP contribution in [0.5, 0.6) is 0 Å². The monoisotopic (exact) mass is 356 g/mol. The van der Waals surface area contributed by atoms with Crippen molar-refractivity contribution in [3.05, 3.63) is 57.4 Å². The number of hydrogen-bond acceptors (Lipinski definition) is 2. The highest BCUT2D eigenvalue weighted by Crippen LogP contribution is 2.25. The Balaban J connectivity index is 2.16. The van der Waals surface area contributed by atoms with Gasteiger partial charge in [0.05, 0.1) is 11.4 Å². The Labute approximate surface area is 120 Å². The molecule has 0 saturated heterocycles. The summed E-state index contributed by atoms with van der Waals surface area (Å²) in [5.74, 6) is -0.213. The van der Waals surface area contributed by atoms with Crippen molar-refractivity contribution in [2.75, 3.05) is 17.7 Å². The zero-order valence-corrected chi connectivity index (χ0v) is 12.2. The summed E-state index contributed by atoms with van der Waals surface area (Å²) in [5.41, 5.74) is 8.79. The van der Waals surface area contributed by atoms with E-state index in [1.165, 1.54) is 12.1 Å². The molecule has 94 valence electrons. The van der Waals surface area contributed by atoms with Gasteiger partial charge in [0.2, 0.25) is 0 Å². The van der Waals surface area contributed by atoms with Crippen molar-refractivity contribution in [2.24, 2.45) is 0 Å². The second-order valence-corrected chi connectivity index (χ2v) is 5.43. The van der Waals surface area contributed by atoms with Gasteiger partial charge >= 0.3 is 0 Å². The van der Waals surface area contributed by atoms with Gasteiger partial charge in [0.15, 0.2) is 0 Å². The molecule has 0 heterocycles. The first kappa shape index (κ1) is 13.1. The highest BCUT2D eigenvalue weighted by Gasteiger charge is 2.06. The summed E-state index contributed by atoms with van der Waals surface area (Å²) in [4.78, 5) is 2.05. The van der Waals surface area contributed by atoms with E-state index >= 15 is 0 Å². The van der Waals surface area contributed by atoms with Crippen LogP contribution in [0.4, 0.5) is 15.8 Å². The zero-order valence-electron chi connectivity index (χ0n) is 10.0. The van der Waals surface area contributed by atoms with Gasteiger partial charge in [-0.1, -0.05) is 12.1 Å². The summed E-state index contributed by atoms with van der Waals surface area (Å²) in [7, 11) is 1.97. The number of halogens is 2. The standard InChI is InChI=1S/C14H14FIN2/c1-18(9-10-2-4-11(15)5-3-10)14-7-6-12(16)8-13(14)17/h2-8H,9,17H2,1H3. The maximum atomic E-state index is 12.8. The fourth-order valence-corrected chi connectivity index (χ4v) is 2.34. The lowest BCUT2D eigenvalue weighted by Crippen LogP contribution is -2.17. The molecule has 0 aliphatic rings. The van der Waals surface area contributed by atoms with Crippen molar-refractivity contribution in [2.45, 2.75) is 6.54 Å². The van der Waals surface area contributed by atoms with Crippen molar-refractivity contribution in [1.29, 1.82) is 0 Å². The van der Waals surface area contributed by atoms with Gasteiger partial charge in [0.1, 0.15) is 5.82 Å². The van der Waals surface area contributed by atoms with E-state index in [0.717, 1.165) is 20.5 Å². The van der Waals surface area contributed by atoms with Gasteiger partial charge in [-0.2, -0.15) is 0 Å². The fourth-order valence-electron chi connectivity index (χ4n) is 1.82. The fraction of sp³-hybridized carbons (Fsp3) is 0.143. The average Bonchev–Trinajstić information content (AvgIpc) is 2.32. The van der Waals surface area contributed by atoms with Crippen LogP contribution < -0.4 is 10.6 Å². The summed E-state index contributed by atoms with van der Waals surface area (Å²) in [5, 5.41) is 0. The van der Waals surface area contributed by atoms with Gasteiger partial charge in [-0.3, -0.25) is 0 Å². The van der Waals surface area contributed by atoms with Crippen molar-refractivity contribution in [1.82, 2.24) is 0 Å². The molecule has 0 unspecified atom stereocenters. The molecule has 2 nitrogen and oxygen atoms in total. The third kappa shape index (κ3) is 3.13. The molecule has 18 heavy (non-hydrogen) atoms. The molecule has 0 aliphatic heterocycles. The first-order chi connectivity index (χ1) is 8.56. The van der Waals surface area contributed by atoms with Crippen LogP contribution in [0.3, 0.4) is 0 Å². The number of anilines is 2. The SMILES string of the molecule is CN(Cc1ccc(F)cc1)c1ccc(I)cc1N. The van der Waals surface area contributed by atoms with E-state index in [4.69, 9.17) is 5.73 Å². The quantitative estimate of drug-likeness (QED) is 0.672. The molecular weight excluding hydrogens is 342 g/mol. The number of nitrogens with two attached hydrogens (primary N) is 1. The molecule has 2 rings (SSSR count). The molecule has 0 aliphatic carbocycles. The second-order valence-electron chi connectivity index (χ2n) is 4.19. The molecule has 0 amide bonds. The molecule has 0 bridgehead atoms. The van der Waals surface area contributed by atoms with Crippen molar-refractivity contribution < 1.29 is 4.39 Å². The topological polar surface area (TPSA) is 29.3 Å². The van der Waals surface area contributed by atoms with Gasteiger partial charge in [0.25, 0.3) is 0 Å². The summed E-state index contributed by atoms with van der Waals surface area (Å²) in [6.45, 7) is 0.699. The van der Waals surface area contributed by atoms with Gasteiger partial charge in [-0.25, -0.2) is 4.39 Å². The molecule has 4 heteroatoms. The third-order valence-corrected chi connectivity index (χ3v) is 3.40. The van der Waals surface area contributed by atoms with Crippen LogP contribution >= 0.6 is 22.6 Å². The Bertz CT molecular complexity index is 540. The average molecular weight is 356 g/mol. The van der Waals surface area contributed by atoms with E-state index in [1.807, 2.05) is 25.2 Å². The Hall–Kier alpha value is -1.30. The highest BCUT2D eigenvalue weighted by atomic mass is 127. The van der Waals surface area contributed by atoms with E-state index in [-0.39, 0.29) is 5.82 Å². The molecule has 0 spiro atoms. The number of rotatable bonds is 3. The minimum Gasteiger partial charge on any atom is -0.397 e. The third-order valence-electron chi connectivity index (χ3n) is 2.73. The maximum absolute atomic E-state index is 12.8. The Kier molecular flexibility index (Phi) is 4.06. The summed E-state index contributed by atoms with van der Waals surface area (Å²) in [6.07, 6.45) is 0. The largest absolute Gasteiger partial charge is 0.397 e. The second kappa shape index (κ2) is 5.56. The van der Waals surface area contributed by atoms with Crippen LogP contribution in [0.15, 0.2) is 42.5 Å². The lowest BCUT2D eigenvalue weighted by Gasteiger charge is -2.21. The minimum absolute atomic E-state index is 0.213. The van der Waals surface area contributed by atoms with E-state index in [9.17, 15) is 4.39 Å². The van der Waals surface area contributed by atoms with Crippen molar-refractivity contribution in [3.63, 3.8) is 0 Å². The zero-order chi connectivity index (χ0) is 13.1. The van der Waals surface area contributed by atoms with Gasteiger partial charge in [-0.15, -0.1) is 0 Å². The Morgan fingerprint density at radius 1 is 1.17 bits per heavy atom. The van der Waals surface area contributed by atoms with E-state index in [0.29, 0.717) is 6.54 Å². The lowest BCUT2D eigenvalue weighted by molar-refractivity contribution is 0.627. The number of benzene rings is 2. The van der Waals surface area contributed by atoms with Gasteiger partial charge in [-0.05, 0) is 58.5 Å². The summed E-state index contributed by atoms with van der Waals surface area (Å²) in [6, 6.07) is 12.5. The molecule has 0 fully saturated rings. The minimum atomic E-state index is -0.213. The van der Waals surface area contributed by atoms with Crippen LogP contribution in [0.2, 0.25) is 0 Å². The first-order valence-electron chi connectivity index (χ1n) is 5.57. The number of nitrogen functional groups attached to an aromatic ring is 1. The molecule has 2 aromatic carbocycles. The lowest BCUT2D eigenvalue weighted by atomic mass is 10.2. The van der Waals surface area contributed by atoms with Crippen LogP contribution in [0, 0.1) is 9.39 Å². The Morgan fingerprint density at radius 2 is 1.83 bits per heavy atom. The van der Waals surface area contributed by atoms with E-state index < -0.39 is 0 Å². The maximum Gasteiger partial charge on any atom is 0.123 e. The van der Waals surface area contributed by atoms with Gasteiger partial charge < -0.3 is 10.6 Å². The summed E-state index contributed by atoms with van der Waals surface area (Å²) < 4.78 is 13.9. The molecule has 2 aromatic rings. The van der Waals surface area contributed by atoms with Crippen LogP contribution in [-0.4, -0.2) is 7.05 Å². The molecule has 2 N–H and O–H groups in total. The van der Waals surface area contributed by atoms with Crippen LogP contribution in [0.25, 0.3) is 0 Å². The number of hydrogen-bond donors (Lipinski definition) is 1. The van der Waals surface area contributed by atoms with Gasteiger partial charge in [0, 0.05) is 17.2 Å². The summed E-state index contributed by atoms with van der Waals surface area (Å²) >= 11 is 2.23. The first-order valence-corrected chi connectivity index (χ1v) is 6.65. The molecule has 0 aromatic heterocycles. The molecule has 0 saturated carbocycles. The molecule has 0 radical (unpaired) electrons.